The Morgan fingerprint density at radius 2 is 1.07 bits per heavy atom. The molecular weight excluding hydrogens is 514 g/mol. The van der Waals surface area contributed by atoms with Crippen molar-refractivity contribution in [3.05, 3.63) is 133 Å². The molecule has 8 aromatic rings. The maximum absolute atomic E-state index is 9.31. The van der Waals surface area contributed by atoms with E-state index >= 15 is 0 Å². The molecule has 0 N–H and O–H groups in total. The molecule has 5 nitrogen and oxygen atoms in total. The average molecular weight is 536 g/mol. The van der Waals surface area contributed by atoms with Crippen molar-refractivity contribution in [1.29, 1.82) is 5.26 Å². The van der Waals surface area contributed by atoms with E-state index in [-0.39, 0.29) is 0 Å². The zero-order valence-electron chi connectivity index (χ0n) is 22.4. The number of hydrogen-bond donors (Lipinski definition) is 0. The monoisotopic (exact) mass is 535 g/mol. The lowest BCUT2D eigenvalue weighted by Gasteiger charge is -2.14. The van der Waals surface area contributed by atoms with Gasteiger partial charge in [-0.25, -0.2) is 15.0 Å². The van der Waals surface area contributed by atoms with E-state index in [0.29, 0.717) is 23.0 Å². The van der Waals surface area contributed by atoms with Crippen molar-refractivity contribution >= 4 is 32.3 Å². The lowest BCUT2D eigenvalue weighted by molar-refractivity contribution is 1.08. The molecular formula is C37H21N5. The third-order valence-corrected chi connectivity index (χ3v) is 7.82. The molecule has 0 spiro atoms. The van der Waals surface area contributed by atoms with E-state index in [1.807, 2.05) is 42.6 Å². The van der Waals surface area contributed by atoms with E-state index in [4.69, 9.17) is 15.0 Å². The van der Waals surface area contributed by atoms with Gasteiger partial charge in [0.05, 0.1) is 11.6 Å². The van der Waals surface area contributed by atoms with E-state index < -0.39 is 0 Å². The highest BCUT2D eigenvalue weighted by molar-refractivity contribution is 6.25. The predicted molar refractivity (Wildman–Crippen MR) is 168 cm³/mol. The van der Waals surface area contributed by atoms with Crippen molar-refractivity contribution in [2.45, 2.75) is 0 Å². The molecule has 0 radical (unpaired) electrons. The van der Waals surface area contributed by atoms with Gasteiger partial charge in [-0.05, 0) is 79.8 Å². The standard InChI is InChI=1S/C37H21N5/c38-21-23-6-8-28(9-7-23)35-40-36(29-14-10-24(11-15-29)30-5-2-20-39-22-30)42-37(41-35)32-19-17-27-13-12-25-3-1-4-26-16-18-31(32)34(27)33(25)26/h1-20,22H. The van der Waals surface area contributed by atoms with Crippen molar-refractivity contribution in [3.63, 3.8) is 0 Å². The Bertz CT molecular complexity index is 2270. The molecule has 0 saturated carbocycles. The summed E-state index contributed by atoms with van der Waals surface area (Å²) >= 11 is 0. The summed E-state index contributed by atoms with van der Waals surface area (Å²) in [6.45, 7) is 0. The van der Waals surface area contributed by atoms with Gasteiger partial charge in [-0.2, -0.15) is 5.26 Å². The first-order valence-corrected chi connectivity index (χ1v) is 13.7. The predicted octanol–water partition coefficient (Wildman–Crippen LogP) is 8.70. The molecule has 6 aromatic carbocycles. The van der Waals surface area contributed by atoms with Crippen molar-refractivity contribution in [1.82, 2.24) is 19.9 Å². The Morgan fingerprint density at radius 1 is 0.476 bits per heavy atom. The summed E-state index contributed by atoms with van der Waals surface area (Å²) in [4.78, 5) is 19.2. The fourth-order valence-electron chi connectivity index (χ4n) is 5.72. The van der Waals surface area contributed by atoms with Gasteiger partial charge in [0.1, 0.15) is 0 Å². The van der Waals surface area contributed by atoms with E-state index in [1.54, 1.807) is 18.3 Å². The Hall–Kier alpha value is -5.99. The number of aromatic nitrogens is 4. The summed E-state index contributed by atoms with van der Waals surface area (Å²) in [5, 5.41) is 16.5. The molecule has 194 valence electrons. The highest BCUT2D eigenvalue weighted by atomic mass is 15.0. The number of pyridine rings is 1. The molecule has 0 aliphatic heterocycles. The molecule has 0 saturated heterocycles. The minimum Gasteiger partial charge on any atom is -0.264 e. The number of rotatable bonds is 4. The van der Waals surface area contributed by atoms with Crippen LogP contribution in [0.1, 0.15) is 5.56 Å². The Kier molecular flexibility index (Phi) is 5.44. The van der Waals surface area contributed by atoms with Gasteiger partial charge in [-0.15, -0.1) is 0 Å². The lowest BCUT2D eigenvalue weighted by atomic mass is 9.92. The molecule has 2 aromatic heterocycles. The number of benzene rings is 6. The van der Waals surface area contributed by atoms with Crippen LogP contribution in [0.4, 0.5) is 0 Å². The summed E-state index contributed by atoms with van der Waals surface area (Å²) in [7, 11) is 0. The third-order valence-electron chi connectivity index (χ3n) is 7.82. The minimum absolute atomic E-state index is 0.557. The first-order chi connectivity index (χ1) is 20.7. The van der Waals surface area contributed by atoms with Gasteiger partial charge in [0.15, 0.2) is 17.5 Å². The van der Waals surface area contributed by atoms with Crippen LogP contribution in [0.25, 0.3) is 77.6 Å². The SMILES string of the molecule is N#Cc1ccc(-c2nc(-c3ccc(-c4cccnc4)cc3)nc(-c3ccc4ccc5cccc6ccc3c4c56)n2)cc1. The maximum Gasteiger partial charge on any atom is 0.164 e. The Labute approximate surface area is 241 Å². The zero-order valence-corrected chi connectivity index (χ0v) is 22.4. The second-order valence-electron chi connectivity index (χ2n) is 10.3. The van der Waals surface area contributed by atoms with Crippen molar-refractivity contribution < 1.29 is 0 Å². The fraction of sp³-hybridized carbons (Fsp3) is 0. The second-order valence-corrected chi connectivity index (χ2v) is 10.3. The number of nitriles is 1. The summed E-state index contributed by atoms with van der Waals surface area (Å²) in [5.74, 6) is 1.75. The Morgan fingerprint density at radius 3 is 1.74 bits per heavy atom. The van der Waals surface area contributed by atoms with Gasteiger partial charge in [0, 0.05) is 29.1 Å². The topological polar surface area (TPSA) is 75.3 Å². The van der Waals surface area contributed by atoms with Gasteiger partial charge in [0.2, 0.25) is 0 Å². The fourth-order valence-corrected chi connectivity index (χ4v) is 5.72. The summed E-state index contributed by atoms with van der Waals surface area (Å²) in [5.41, 5.74) is 5.37. The van der Waals surface area contributed by atoms with Gasteiger partial charge >= 0.3 is 0 Å². The van der Waals surface area contributed by atoms with Crippen LogP contribution in [0.2, 0.25) is 0 Å². The van der Waals surface area contributed by atoms with Crippen LogP contribution in [0.5, 0.6) is 0 Å². The summed E-state index contributed by atoms with van der Waals surface area (Å²) in [6.07, 6.45) is 3.63. The summed E-state index contributed by atoms with van der Waals surface area (Å²) in [6, 6.07) is 41.1. The Balaban J connectivity index is 1.34. The molecule has 0 atom stereocenters. The zero-order chi connectivity index (χ0) is 28.0. The van der Waals surface area contributed by atoms with E-state index in [0.717, 1.165) is 33.2 Å². The minimum atomic E-state index is 0.557. The van der Waals surface area contributed by atoms with Crippen LogP contribution in [-0.4, -0.2) is 19.9 Å². The van der Waals surface area contributed by atoms with Crippen LogP contribution in [0, 0.1) is 11.3 Å². The van der Waals surface area contributed by atoms with Gasteiger partial charge in [-0.3, -0.25) is 4.98 Å². The van der Waals surface area contributed by atoms with E-state index in [2.05, 4.69) is 77.8 Å². The number of hydrogen-bond acceptors (Lipinski definition) is 5. The highest BCUT2D eigenvalue weighted by Crippen LogP contribution is 2.39. The molecule has 2 heterocycles. The molecule has 42 heavy (non-hydrogen) atoms. The van der Waals surface area contributed by atoms with Crippen LogP contribution in [0.15, 0.2) is 128 Å². The largest absolute Gasteiger partial charge is 0.264 e. The molecule has 5 heteroatoms. The number of nitrogens with zero attached hydrogens (tertiary/aromatic N) is 5. The maximum atomic E-state index is 9.31. The van der Waals surface area contributed by atoms with Crippen LogP contribution in [-0.2, 0) is 0 Å². The van der Waals surface area contributed by atoms with Crippen molar-refractivity contribution in [3.8, 4) is 51.4 Å². The normalized spacial score (nSPS) is 11.3. The van der Waals surface area contributed by atoms with Crippen molar-refractivity contribution in [2.75, 3.05) is 0 Å². The van der Waals surface area contributed by atoms with Crippen molar-refractivity contribution in [2.24, 2.45) is 0 Å². The molecule has 0 aliphatic rings. The second kappa shape index (κ2) is 9.58. The lowest BCUT2D eigenvalue weighted by Crippen LogP contribution is -2.01. The first-order valence-electron chi connectivity index (χ1n) is 13.7. The molecule has 0 bridgehead atoms. The van der Waals surface area contributed by atoms with Gasteiger partial charge in [-0.1, -0.05) is 78.9 Å². The highest BCUT2D eigenvalue weighted by Gasteiger charge is 2.17. The van der Waals surface area contributed by atoms with Crippen LogP contribution in [0.3, 0.4) is 0 Å². The third kappa shape index (κ3) is 3.94. The first kappa shape index (κ1) is 23.9. The molecule has 0 fully saturated rings. The van der Waals surface area contributed by atoms with Crippen LogP contribution < -0.4 is 0 Å². The quantitative estimate of drug-likeness (QED) is 0.211. The van der Waals surface area contributed by atoms with Crippen LogP contribution >= 0.6 is 0 Å². The molecule has 0 unspecified atom stereocenters. The average Bonchev–Trinajstić information content (AvgIpc) is 3.07. The van der Waals surface area contributed by atoms with Gasteiger partial charge in [0.25, 0.3) is 0 Å². The van der Waals surface area contributed by atoms with Gasteiger partial charge < -0.3 is 0 Å². The molecule has 0 aliphatic carbocycles. The molecule has 8 rings (SSSR count). The molecule has 0 amide bonds. The van der Waals surface area contributed by atoms with E-state index in [9.17, 15) is 5.26 Å². The smallest absolute Gasteiger partial charge is 0.164 e. The summed E-state index contributed by atoms with van der Waals surface area (Å²) < 4.78 is 0. The van der Waals surface area contributed by atoms with E-state index in [1.165, 1.54) is 26.9 Å².